The molecular formula is C24H34O3Si. The van der Waals surface area contributed by atoms with Crippen molar-refractivity contribution in [1.82, 2.24) is 0 Å². The Labute approximate surface area is 170 Å². The molecule has 0 saturated heterocycles. The van der Waals surface area contributed by atoms with Crippen molar-refractivity contribution in [2.45, 2.75) is 38.8 Å². The molecule has 0 fully saturated rings. The molecule has 2 aromatic carbocycles. The number of aliphatic hydroxyl groups excluding tert-OH is 2. The van der Waals surface area contributed by atoms with Crippen molar-refractivity contribution in [3.8, 4) is 0 Å². The Bertz CT molecular complexity index is 685. The lowest BCUT2D eigenvalue weighted by molar-refractivity contribution is 0.0294. The summed E-state index contributed by atoms with van der Waals surface area (Å²) >= 11 is 0. The molecule has 3 nitrogen and oxygen atoms in total. The molecule has 0 heterocycles. The van der Waals surface area contributed by atoms with Gasteiger partial charge in [0.25, 0.3) is 8.32 Å². The summed E-state index contributed by atoms with van der Waals surface area (Å²) in [5, 5.41) is 22.5. The Kier molecular flexibility index (Phi) is 7.78. The van der Waals surface area contributed by atoms with Crippen molar-refractivity contribution in [2.24, 2.45) is 11.8 Å². The molecule has 2 rings (SSSR count). The van der Waals surface area contributed by atoms with Crippen LogP contribution in [0.1, 0.15) is 27.7 Å². The molecule has 0 aliphatic carbocycles. The molecule has 0 radical (unpaired) electrons. The smallest absolute Gasteiger partial charge is 0.261 e. The summed E-state index contributed by atoms with van der Waals surface area (Å²) in [5.41, 5.74) is 0. The average Bonchev–Trinajstić information content (AvgIpc) is 2.69. The summed E-state index contributed by atoms with van der Waals surface area (Å²) in [4.78, 5) is 0. The van der Waals surface area contributed by atoms with Gasteiger partial charge in [-0.15, -0.1) is 6.58 Å². The molecule has 0 spiro atoms. The van der Waals surface area contributed by atoms with Gasteiger partial charge in [-0.2, -0.15) is 0 Å². The molecule has 0 saturated carbocycles. The van der Waals surface area contributed by atoms with Crippen LogP contribution in [-0.4, -0.2) is 37.8 Å². The second-order valence-electron chi connectivity index (χ2n) is 8.52. The van der Waals surface area contributed by atoms with E-state index in [0.717, 1.165) is 0 Å². The van der Waals surface area contributed by atoms with E-state index in [4.69, 9.17) is 4.43 Å². The van der Waals surface area contributed by atoms with E-state index in [1.165, 1.54) is 10.4 Å². The number of aliphatic hydroxyl groups is 2. The fourth-order valence-corrected chi connectivity index (χ4v) is 8.53. The second-order valence-corrected chi connectivity index (χ2v) is 12.8. The van der Waals surface area contributed by atoms with Crippen molar-refractivity contribution in [2.75, 3.05) is 13.2 Å². The Morgan fingerprint density at radius 1 is 1.00 bits per heavy atom. The van der Waals surface area contributed by atoms with Crippen LogP contribution >= 0.6 is 0 Å². The van der Waals surface area contributed by atoms with Crippen LogP contribution in [0.4, 0.5) is 0 Å². The maximum atomic E-state index is 10.6. The number of hydrogen-bond acceptors (Lipinski definition) is 3. The molecule has 0 aliphatic heterocycles. The molecule has 2 N–H and O–H groups in total. The second kappa shape index (κ2) is 9.66. The number of hydrogen-bond donors (Lipinski definition) is 2. The van der Waals surface area contributed by atoms with E-state index in [0.29, 0.717) is 6.61 Å². The molecule has 0 bridgehead atoms. The highest BCUT2D eigenvalue weighted by molar-refractivity contribution is 6.99. The quantitative estimate of drug-likeness (QED) is 0.503. The average molecular weight is 399 g/mol. The van der Waals surface area contributed by atoms with Gasteiger partial charge in [-0.1, -0.05) is 94.4 Å². The monoisotopic (exact) mass is 398 g/mol. The van der Waals surface area contributed by atoms with E-state index in [-0.39, 0.29) is 23.5 Å². The van der Waals surface area contributed by atoms with Crippen LogP contribution in [0.3, 0.4) is 0 Å². The first-order valence-corrected chi connectivity index (χ1v) is 11.8. The Hall–Kier alpha value is -1.72. The van der Waals surface area contributed by atoms with Gasteiger partial charge in [-0.3, -0.25) is 0 Å². The zero-order valence-electron chi connectivity index (χ0n) is 17.5. The zero-order chi connectivity index (χ0) is 20.8. The molecule has 0 amide bonds. The lowest BCUT2D eigenvalue weighted by atomic mass is 9.93. The Morgan fingerprint density at radius 3 is 1.82 bits per heavy atom. The summed E-state index contributed by atoms with van der Waals surface area (Å²) in [6, 6.07) is 20.9. The van der Waals surface area contributed by atoms with E-state index in [1.54, 1.807) is 6.08 Å². The van der Waals surface area contributed by atoms with Crippen LogP contribution < -0.4 is 10.4 Å². The SMILES string of the molecule is C=C[C@@H](CO)[C@@H](O)[C@H](C)CO[Si](c1ccccc1)(c1ccccc1)C(C)(C)C. The maximum Gasteiger partial charge on any atom is 0.261 e. The van der Waals surface area contributed by atoms with Gasteiger partial charge in [0.15, 0.2) is 0 Å². The van der Waals surface area contributed by atoms with E-state index in [1.807, 2.05) is 19.1 Å². The minimum Gasteiger partial charge on any atom is -0.407 e. The van der Waals surface area contributed by atoms with Crippen LogP contribution in [0.2, 0.25) is 5.04 Å². The minimum atomic E-state index is -2.61. The van der Waals surface area contributed by atoms with Crippen LogP contribution in [0.15, 0.2) is 73.3 Å². The highest BCUT2D eigenvalue weighted by Crippen LogP contribution is 2.37. The summed E-state index contributed by atoms with van der Waals surface area (Å²) in [6.45, 7) is 12.7. The van der Waals surface area contributed by atoms with E-state index < -0.39 is 14.4 Å². The standard InChI is InChI=1S/C24H34O3Si/c1-6-20(17-25)23(26)19(2)18-27-28(24(3,4)5,21-13-9-7-10-14-21)22-15-11-8-12-16-22/h6-16,19-20,23,25-26H,1,17-18H2,2-5H3/t19-,20+,23+/m1/s1. The maximum absolute atomic E-state index is 10.6. The van der Waals surface area contributed by atoms with E-state index in [9.17, 15) is 10.2 Å². The highest BCUT2D eigenvalue weighted by Gasteiger charge is 2.50. The molecule has 152 valence electrons. The fraction of sp³-hybridized carbons (Fsp3) is 0.417. The lowest BCUT2D eigenvalue weighted by Crippen LogP contribution is -2.67. The molecule has 0 aliphatic rings. The molecular weight excluding hydrogens is 364 g/mol. The van der Waals surface area contributed by atoms with Crippen molar-refractivity contribution >= 4 is 18.7 Å². The van der Waals surface area contributed by atoms with Crippen LogP contribution in [0, 0.1) is 11.8 Å². The van der Waals surface area contributed by atoms with Gasteiger partial charge in [-0.25, -0.2) is 0 Å². The van der Waals surface area contributed by atoms with Gasteiger partial charge in [0.1, 0.15) is 0 Å². The first kappa shape index (κ1) is 22.6. The molecule has 0 aromatic heterocycles. The highest BCUT2D eigenvalue weighted by atomic mass is 28.4. The topological polar surface area (TPSA) is 49.7 Å². The Balaban J connectivity index is 2.46. The zero-order valence-corrected chi connectivity index (χ0v) is 18.5. The normalized spacial score (nSPS) is 15.6. The predicted octanol–water partition coefficient (Wildman–Crippen LogP) is 3.35. The third kappa shape index (κ3) is 4.63. The van der Waals surface area contributed by atoms with Gasteiger partial charge in [0.2, 0.25) is 0 Å². The summed E-state index contributed by atoms with van der Waals surface area (Å²) in [7, 11) is -2.61. The third-order valence-electron chi connectivity index (χ3n) is 5.51. The van der Waals surface area contributed by atoms with Crippen LogP contribution in [-0.2, 0) is 4.43 Å². The van der Waals surface area contributed by atoms with Crippen molar-refractivity contribution in [1.29, 1.82) is 0 Å². The molecule has 3 atom stereocenters. The summed E-state index contributed by atoms with van der Waals surface area (Å²) in [6.07, 6.45) is 0.921. The summed E-state index contributed by atoms with van der Waals surface area (Å²) < 4.78 is 6.85. The Morgan fingerprint density at radius 2 is 1.46 bits per heavy atom. The summed E-state index contributed by atoms with van der Waals surface area (Å²) in [5.74, 6) is -0.477. The lowest BCUT2D eigenvalue weighted by Gasteiger charge is -2.44. The van der Waals surface area contributed by atoms with Gasteiger partial charge in [0, 0.05) is 18.4 Å². The van der Waals surface area contributed by atoms with E-state index in [2.05, 4.69) is 75.9 Å². The van der Waals surface area contributed by atoms with Crippen molar-refractivity contribution in [3.05, 3.63) is 73.3 Å². The van der Waals surface area contributed by atoms with Gasteiger partial charge in [-0.05, 0) is 15.4 Å². The molecule has 4 heteroatoms. The molecule has 28 heavy (non-hydrogen) atoms. The van der Waals surface area contributed by atoms with Crippen LogP contribution in [0.25, 0.3) is 0 Å². The molecule has 2 aromatic rings. The van der Waals surface area contributed by atoms with Gasteiger partial charge < -0.3 is 14.6 Å². The van der Waals surface area contributed by atoms with E-state index >= 15 is 0 Å². The van der Waals surface area contributed by atoms with Gasteiger partial charge in [0.05, 0.1) is 12.7 Å². The number of rotatable bonds is 9. The van der Waals surface area contributed by atoms with Gasteiger partial charge >= 0.3 is 0 Å². The predicted molar refractivity (Wildman–Crippen MR) is 120 cm³/mol. The minimum absolute atomic E-state index is 0.102. The third-order valence-corrected chi connectivity index (χ3v) is 10.5. The first-order valence-electron chi connectivity index (χ1n) is 9.94. The fourth-order valence-electron chi connectivity index (χ4n) is 3.86. The van der Waals surface area contributed by atoms with Crippen molar-refractivity contribution in [3.63, 3.8) is 0 Å². The van der Waals surface area contributed by atoms with Crippen molar-refractivity contribution < 1.29 is 14.6 Å². The molecule has 0 unspecified atom stereocenters. The number of benzene rings is 2. The van der Waals surface area contributed by atoms with Crippen LogP contribution in [0.5, 0.6) is 0 Å². The first-order chi connectivity index (χ1) is 13.3. The largest absolute Gasteiger partial charge is 0.407 e.